The van der Waals surface area contributed by atoms with Gasteiger partial charge in [-0.2, -0.15) is 4.31 Å². The highest BCUT2D eigenvalue weighted by Crippen LogP contribution is 2.27. The molecule has 0 unspecified atom stereocenters. The molecule has 0 radical (unpaired) electrons. The quantitative estimate of drug-likeness (QED) is 0.836. The summed E-state index contributed by atoms with van der Waals surface area (Å²) < 4.78 is 27.2. The van der Waals surface area contributed by atoms with Crippen LogP contribution in [-0.4, -0.2) is 49.7 Å². The molecule has 3 rings (SSSR count). The first-order chi connectivity index (χ1) is 11.1. The van der Waals surface area contributed by atoms with Gasteiger partial charge >= 0.3 is 0 Å². The van der Waals surface area contributed by atoms with Gasteiger partial charge < -0.3 is 4.90 Å². The maximum atomic E-state index is 12.8. The Balaban J connectivity index is 1.69. The van der Waals surface area contributed by atoms with Gasteiger partial charge in [0, 0.05) is 26.2 Å². The fourth-order valence-corrected chi connectivity index (χ4v) is 6.12. The minimum absolute atomic E-state index is 0.151. The molecule has 0 aliphatic carbocycles. The first-order valence-corrected chi connectivity index (χ1v) is 10.7. The highest BCUT2D eigenvalue weighted by Gasteiger charge is 2.35. The number of thiophene rings is 1. The van der Waals surface area contributed by atoms with E-state index in [2.05, 4.69) is 0 Å². The summed E-state index contributed by atoms with van der Waals surface area (Å²) >= 11 is 1.24. The van der Waals surface area contributed by atoms with Gasteiger partial charge in [-0.15, -0.1) is 11.3 Å². The number of carbonyl (C=O) groups is 1. The van der Waals surface area contributed by atoms with Gasteiger partial charge in [0.15, 0.2) is 0 Å². The van der Waals surface area contributed by atoms with Crippen molar-refractivity contribution in [3.8, 4) is 0 Å². The Morgan fingerprint density at radius 2 is 1.83 bits per heavy atom. The third kappa shape index (κ3) is 3.78. The zero-order chi connectivity index (χ0) is 16.3. The van der Waals surface area contributed by atoms with E-state index < -0.39 is 10.0 Å². The van der Waals surface area contributed by atoms with Crippen molar-refractivity contribution in [1.29, 1.82) is 0 Å². The SMILES string of the molecule is O=C([C@@H]1CCCN(S(=O)(=O)c2cccs2)C1)N1CCCCCC1. The predicted molar refractivity (Wildman–Crippen MR) is 90.8 cm³/mol. The molecule has 1 atom stereocenters. The van der Waals surface area contributed by atoms with Gasteiger partial charge in [-0.3, -0.25) is 4.79 Å². The molecular formula is C16H24N2O3S2. The van der Waals surface area contributed by atoms with E-state index in [1.807, 2.05) is 4.90 Å². The van der Waals surface area contributed by atoms with Gasteiger partial charge in [0.05, 0.1) is 5.92 Å². The van der Waals surface area contributed by atoms with Crippen LogP contribution in [0.3, 0.4) is 0 Å². The van der Waals surface area contributed by atoms with Gasteiger partial charge in [0.2, 0.25) is 5.91 Å². The second-order valence-electron chi connectivity index (χ2n) is 6.37. The van der Waals surface area contributed by atoms with E-state index in [1.54, 1.807) is 17.5 Å². The minimum atomic E-state index is -3.44. The molecule has 1 amide bonds. The number of likely N-dealkylation sites (tertiary alicyclic amines) is 1. The molecule has 0 aromatic carbocycles. The van der Waals surface area contributed by atoms with E-state index in [4.69, 9.17) is 0 Å². The number of amides is 1. The van der Waals surface area contributed by atoms with Crippen LogP contribution in [0.1, 0.15) is 38.5 Å². The first-order valence-electron chi connectivity index (χ1n) is 8.41. The third-order valence-corrected chi connectivity index (χ3v) is 7.98. The molecule has 7 heteroatoms. The molecule has 0 saturated carbocycles. The number of sulfonamides is 1. The van der Waals surface area contributed by atoms with Gasteiger partial charge in [-0.1, -0.05) is 18.9 Å². The average molecular weight is 357 g/mol. The normalized spacial score (nSPS) is 24.3. The molecule has 3 heterocycles. The molecule has 1 aromatic heterocycles. The van der Waals surface area contributed by atoms with Crippen LogP contribution < -0.4 is 0 Å². The van der Waals surface area contributed by atoms with E-state index in [1.165, 1.54) is 28.5 Å². The molecular weight excluding hydrogens is 332 g/mol. The summed E-state index contributed by atoms with van der Waals surface area (Å²) in [5.41, 5.74) is 0. The van der Waals surface area contributed by atoms with Gasteiger partial charge in [0.1, 0.15) is 4.21 Å². The Hall–Kier alpha value is -0.920. The highest BCUT2D eigenvalue weighted by atomic mass is 32.2. The molecule has 2 fully saturated rings. The molecule has 0 spiro atoms. The maximum absolute atomic E-state index is 12.8. The minimum Gasteiger partial charge on any atom is -0.342 e. The van der Waals surface area contributed by atoms with Gasteiger partial charge in [-0.25, -0.2) is 8.42 Å². The number of hydrogen-bond acceptors (Lipinski definition) is 4. The number of hydrogen-bond donors (Lipinski definition) is 0. The number of piperidine rings is 1. The summed E-state index contributed by atoms with van der Waals surface area (Å²) in [6.45, 7) is 2.50. The van der Waals surface area contributed by atoms with Gasteiger partial charge in [-0.05, 0) is 37.1 Å². The van der Waals surface area contributed by atoms with Crippen LogP contribution >= 0.6 is 11.3 Å². The third-order valence-electron chi connectivity index (χ3n) is 4.74. The summed E-state index contributed by atoms with van der Waals surface area (Å²) in [6, 6.07) is 3.39. The Morgan fingerprint density at radius 1 is 1.09 bits per heavy atom. The van der Waals surface area contributed by atoms with Crippen molar-refractivity contribution in [1.82, 2.24) is 9.21 Å². The topological polar surface area (TPSA) is 57.7 Å². The fourth-order valence-electron chi connectivity index (χ4n) is 3.45. The van der Waals surface area contributed by atoms with Crippen LogP contribution in [0.25, 0.3) is 0 Å². The van der Waals surface area contributed by atoms with Crippen LogP contribution in [0.15, 0.2) is 21.7 Å². The summed E-state index contributed by atoms with van der Waals surface area (Å²) in [4.78, 5) is 14.7. The molecule has 1 aromatic rings. The number of nitrogens with zero attached hydrogens (tertiary/aromatic N) is 2. The lowest BCUT2D eigenvalue weighted by Gasteiger charge is -2.33. The lowest BCUT2D eigenvalue weighted by molar-refractivity contribution is -0.136. The fraction of sp³-hybridized carbons (Fsp3) is 0.688. The molecule has 2 aliphatic heterocycles. The summed E-state index contributed by atoms with van der Waals surface area (Å²) in [5, 5.41) is 1.77. The zero-order valence-corrected chi connectivity index (χ0v) is 14.9. The monoisotopic (exact) mass is 356 g/mol. The molecule has 0 N–H and O–H groups in total. The largest absolute Gasteiger partial charge is 0.342 e. The van der Waals surface area contributed by atoms with E-state index in [9.17, 15) is 13.2 Å². The first kappa shape index (κ1) is 16.9. The summed E-state index contributed by atoms with van der Waals surface area (Å²) in [7, 11) is -3.44. The van der Waals surface area contributed by atoms with Crippen molar-refractivity contribution in [2.24, 2.45) is 5.92 Å². The van der Waals surface area contributed by atoms with E-state index in [0.717, 1.165) is 38.8 Å². The van der Waals surface area contributed by atoms with E-state index in [0.29, 0.717) is 17.3 Å². The van der Waals surface area contributed by atoms with Crippen LogP contribution in [0, 0.1) is 5.92 Å². The average Bonchev–Trinajstić information content (AvgIpc) is 2.98. The Labute approximate surface area is 142 Å². The predicted octanol–water partition coefficient (Wildman–Crippen LogP) is 2.55. The molecule has 128 valence electrons. The smallest absolute Gasteiger partial charge is 0.252 e. The van der Waals surface area contributed by atoms with Crippen molar-refractivity contribution < 1.29 is 13.2 Å². The second kappa shape index (κ2) is 7.32. The zero-order valence-electron chi connectivity index (χ0n) is 13.3. The number of carbonyl (C=O) groups excluding carboxylic acids is 1. The summed E-state index contributed by atoms with van der Waals surface area (Å²) in [6.07, 6.45) is 6.06. The van der Waals surface area contributed by atoms with Crippen molar-refractivity contribution in [3.63, 3.8) is 0 Å². The maximum Gasteiger partial charge on any atom is 0.252 e. The van der Waals surface area contributed by atoms with Crippen molar-refractivity contribution >= 4 is 27.3 Å². The Bertz CT molecular complexity index is 620. The lowest BCUT2D eigenvalue weighted by Crippen LogP contribution is -2.46. The molecule has 5 nitrogen and oxygen atoms in total. The van der Waals surface area contributed by atoms with E-state index in [-0.39, 0.29) is 11.8 Å². The van der Waals surface area contributed by atoms with Crippen LogP contribution in [0.5, 0.6) is 0 Å². The highest BCUT2D eigenvalue weighted by molar-refractivity contribution is 7.91. The van der Waals surface area contributed by atoms with Crippen molar-refractivity contribution in [2.45, 2.75) is 42.7 Å². The van der Waals surface area contributed by atoms with E-state index >= 15 is 0 Å². The number of rotatable bonds is 3. The van der Waals surface area contributed by atoms with Crippen LogP contribution in [0.2, 0.25) is 0 Å². The summed E-state index contributed by atoms with van der Waals surface area (Å²) in [5.74, 6) is -0.0328. The van der Waals surface area contributed by atoms with Crippen LogP contribution in [-0.2, 0) is 14.8 Å². The molecule has 23 heavy (non-hydrogen) atoms. The molecule has 2 aliphatic rings. The Kier molecular flexibility index (Phi) is 5.38. The molecule has 2 saturated heterocycles. The van der Waals surface area contributed by atoms with Gasteiger partial charge in [0.25, 0.3) is 10.0 Å². The van der Waals surface area contributed by atoms with Crippen molar-refractivity contribution in [2.75, 3.05) is 26.2 Å². The Morgan fingerprint density at radius 3 is 2.48 bits per heavy atom. The lowest BCUT2D eigenvalue weighted by atomic mass is 9.98. The standard InChI is InChI=1S/C16H24N2O3S2/c19-16(17-9-3-1-2-4-10-17)14-7-5-11-18(13-14)23(20,21)15-8-6-12-22-15/h6,8,12,14H,1-5,7,9-11,13H2/t14-/m1/s1. The molecule has 0 bridgehead atoms. The second-order valence-corrected chi connectivity index (χ2v) is 9.49. The van der Waals surface area contributed by atoms with Crippen molar-refractivity contribution in [3.05, 3.63) is 17.5 Å². The van der Waals surface area contributed by atoms with Crippen LogP contribution in [0.4, 0.5) is 0 Å².